The third kappa shape index (κ3) is 3.18. The van der Waals surface area contributed by atoms with Crippen molar-refractivity contribution >= 4 is 43.9 Å². The number of fused-ring (bicyclic) bond motifs is 1. The van der Waals surface area contributed by atoms with Gasteiger partial charge in [-0.2, -0.15) is 0 Å². The third-order valence-electron chi connectivity index (χ3n) is 3.80. The molecule has 0 radical (unpaired) electrons. The number of nitrogens with one attached hydrogen (secondary N) is 1. The largest absolute Gasteiger partial charge is 0.297 e. The fourth-order valence-corrected chi connectivity index (χ4v) is 4.25. The van der Waals surface area contributed by atoms with E-state index in [4.69, 9.17) is 0 Å². The van der Waals surface area contributed by atoms with Crippen molar-refractivity contribution in [2.45, 2.75) is 6.92 Å². The molecule has 0 bridgehead atoms. The Morgan fingerprint density at radius 3 is 2.72 bits per heavy atom. The first kappa shape index (κ1) is 15.9. The van der Waals surface area contributed by atoms with Gasteiger partial charge in [-0.05, 0) is 42.1 Å². The Balaban J connectivity index is 1.63. The van der Waals surface area contributed by atoms with Crippen molar-refractivity contribution in [2.75, 3.05) is 5.32 Å². The van der Waals surface area contributed by atoms with Gasteiger partial charge in [-0.3, -0.25) is 10.1 Å². The first-order chi connectivity index (χ1) is 12.1. The quantitative estimate of drug-likeness (QED) is 0.502. The van der Waals surface area contributed by atoms with Crippen molar-refractivity contribution in [3.05, 3.63) is 70.2 Å². The number of carbonyl (C=O) groups excluding carboxylic acids is 1. The first-order valence-electron chi connectivity index (χ1n) is 7.62. The average Bonchev–Trinajstić information content (AvgIpc) is 3.21. The highest BCUT2D eigenvalue weighted by atomic mass is 32.1. The molecule has 0 aliphatic heterocycles. The van der Waals surface area contributed by atoms with Gasteiger partial charge in [0.05, 0.1) is 10.2 Å². The summed E-state index contributed by atoms with van der Waals surface area (Å²) in [6, 6.07) is 14.4. The zero-order valence-corrected chi connectivity index (χ0v) is 14.9. The van der Waals surface area contributed by atoms with E-state index in [1.807, 2.05) is 42.6 Å². The van der Waals surface area contributed by atoms with Gasteiger partial charge in [-0.25, -0.2) is 9.37 Å². The molecule has 2 aromatic heterocycles. The lowest BCUT2D eigenvalue weighted by Gasteiger charge is -2.04. The normalized spacial score (nSPS) is 11.0. The second-order valence-corrected chi connectivity index (χ2v) is 7.56. The van der Waals surface area contributed by atoms with Gasteiger partial charge in [0.1, 0.15) is 10.7 Å². The molecule has 0 saturated carbocycles. The van der Waals surface area contributed by atoms with Crippen molar-refractivity contribution in [3.8, 4) is 11.1 Å². The highest BCUT2D eigenvalue weighted by Gasteiger charge is 2.16. The molecule has 4 rings (SSSR count). The molecular formula is C19H13FN2OS2. The van der Waals surface area contributed by atoms with E-state index in [0.29, 0.717) is 20.2 Å². The van der Waals surface area contributed by atoms with E-state index >= 15 is 0 Å². The van der Waals surface area contributed by atoms with E-state index < -0.39 is 0 Å². The molecule has 25 heavy (non-hydrogen) atoms. The highest BCUT2D eigenvalue weighted by molar-refractivity contribution is 7.22. The number of anilines is 1. The number of carbonyl (C=O) groups is 1. The summed E-state index contributed by atoms with van der Waals surface area (Å²) in [5.74, 6) is -0.515. The molecule has 2 heterocycles. The van der Waals surface area contributed by atoms with Gasteiger partial charge < -0.3 is 0 Å². The van der Waals surface area contributed by atoms with Crippen LogP contribution in [0.1, 0.15) is 15.2 Å². The zero-order chi connectivity index (χ0) is 17.4. The summed E-state index contributed by atoms with van der Waals surface area (Å²) in [5.41, 5.74) is 3.75. The minimum atomic E-state index is -0.311. The van der Waals surface area contributed by atoms with Crippen molar-refractivity contribution in [1.29, 1.82) is 0 Å². The predicted octanol–water partition coefficient (Wildman–Crippen LogP) is 5.72. The van der Waals surface area contributed by atoms with E-state index in [9.17, 15) is 9.18 Å². The minimum Gasteiger partial charge on any atom is -0.297 e. The van der Waals surface area contributed by atoms with Crippen LogP contribution >= 0.6 is 22.7 Å². The fourth-order valence-electron chi connectivity index (χ4n) is 2.55. The Bertz CT molecular complexity index is 1070. The molecule has 0 fully saturated rings. The molecule has 0 unspecified atom stereocenters. The van der Waals surface area contributed by atoms with Crippen LogP contribution in [0, 0.1) is 12.7 Å². The van der Waals surface area contributed by atoms with E-state index in [1.54, 1.807) is 6.07 Å². The summed E-state index contributed by atoms with van der Waals surface area (Å²) < 4.78 is 14.0. The van der Waals surface area contributed by atoms with E-state index in [2.05, 4.69) is 10.3 Å². The molecule has 1 N–H and O–H groups in total. The number of aromatic nitrogens is 1. The van der Waals surface area contributed by atoms with E-state index in [-0.39, 0.29) is 11.7 Å². The molecule has 124 valence electrons. The van der Waals surface area contributed by atoms with Gasteiger partial charge in [0.15, 0.2) is 5.13 Å². The van der Waals surface area contributed by atoms with Crippen LogP contribution in [0.3, 0.4) is 0 Å². The summed E-state index contributed by atoms with van der Waals surface area (Å²) >= 11 is 2.65. The van der Waals surface area contributed by atoms with Crippen LogP contribution in [0.5, 0.6) is 0 Å². The SMILES string of the molecule is Cc1ccc(-c2ccsc2C(=O)Nc2nc3ccc(F)cc3s2)cc1. The number of hydrogen-bond donors (Lipinski definition) is 1. The van der Waals surface area contributed by atoms with Gasteiger partial charge in [0.25, 0.3) is 5.91 Å². The number of amides is 1. The van der Waals surface area contributed by atoms with Crippen LogP contribution in [0.25, 0.3) is 21.3 Å². The monoisotopic (exact) mass is 368 g/mol. The number of hydrogen-bond acceptors (Lipinski definition) is 4. The molecular weight excluding hydrogens is 355 g/mol. The third-order valence-corrected chi connectivity index (χ3v) is 5.65. The number of thiazole rings is 1. The van der Waals surface area contributed by atoms with Gasteiger partial charge in [-0.15, -0.1) is 11.3 Å². The molecule has 4 aromatic rings. The molecule has 2 aromatic carbocycles. The molecule has 0 aliphatic carbocycles. The maximum atomic E-state index is 13.3. The second kappa shape index (κ2) is 6.38. The second-order valence-electron chi connectivity index (χ2n) is 5.61. The summed E-state index contributed by atoms with van der Waals surface area (Å²) in [4.78, 5) is 17.6. The Morgan fingerprint density at radius 2 is 1.92 bits per heavy atom. The van der Waals surface area contributed by atoms with E-state index in [0.717, 1.165) is 11.1 Å². The van der Waals surface area contributed by atoms with Crippen LogP contribution in [-0.4, -0.2) is 10.9 Å². The summed E-state index contributed by atoms with van der Waals surface area (Å²) in [6.07, 6.45) is 0. The molecule has 0 saturated heterocycles. The Labute approximate surface area is 151 Å². The smallest absolute Gasteiger partial charge is 0.268 e. The molecule has 3 nitrogen and oxygen atoms in total. The van der Waals surface area contributed by atoms with Crippen molar-refractivity contribution < 1.29 is 9.18 Å². The Morgan fingerprint density at radius 1 is 1.12 bits per heavy atom. The number of nitrogens with zero attached hydrogens (tertiary/aromatic N) is 1. The van der Waals surface area contributed by atoms with Crippen LogP contribution in [-0.2, 0) is 0 Å². The standard InChI is InChI=1S/C19H13FN2OS2/c1-11-2-4-12(5-3-11)14-8-9-24-17(14)18(23)22-19-21-15-7-6-13(20)10-16(15)25-19/h2-10H,1H3,(H,21,22,23). The highest BCUT2D eigenvalue weighted by Crippen LogP contribution is 2.31. The number of aryl methyl sites for hydroxylation is 1. The van der Waals surface area contributed by atoms with Crippen molar-refractivity contribution in [3.63, 3.8) is 0 Å². The van der Waals surface area contributed by atoms with Gasteiger partial charge in [0, 0.05) is 5.56 Å². The Hall–Kier alpha value is -2.57. The molecule has 0 aliphatic rings. The summed E-state index contributed by atoms with van der Waals surface area (Å²) in [6.45, 7) is 2.03. The molecule has 6 heteroatoms. The van der Waals surface area contributed by atoms with Gasteiger partial charge in [-0.1, -0.05) is 41.2 Å². The fraction of sp³-hybridized carbons (Fsp3) is 0.0526. The number of benzene rings is 2. The van der Waals surface area contributed by atoms with Crippen molar-refractivity contribution in [2.24, 2.45) is 0 Å². The summed E-state index contributed by atoms with van der Waals surface area (Å²) in [5, 5.41) is 5.20. The average molecular weight is 368 g/mol. The van der Waals surface area contributed by atoms with Gasteiger partial charge in [0.2, 0.25) is 0 Å². The lowest BCUT2D eigenvalue weighted by molar-refractivity contribution is 0.103. The van der Waals surface area contributed by atoms with Crippen LogP contribution in [0.4, 0.5) is 9.52 Å². The van der Waals surface area contributed by atoms with Crippen LogP contribution < -0.4 is 5.32 Å². The number of rotatable bonds is 3. The van der Waals surface area contributed by atoms with Crippen LogP contribution in [0.15, 0.2) is 53.9 Å². The molecule has 0 spiro atoms. The van der Waals surface area contributed by atoms with Crippen molar-refractivity contribution in [1.82, 2.24) is 4.98 Å². The zero-order valence-electron chi connectivity index (χ0n) is 13.2. The lowest BCUT2D eigenvalue weighted by Crippen LogP contribution is -2.10. The molecule has 1 amide bonds. The summed E-state index contributed by atoms with van der Waals surface area (Å²) in [7, 11) is 0. The molecule has 0 atom stereocenters. The predicted molar refractivity (Wildman–Crippen MR) is 102 cm³/mol. The first-order valence-corrected chi connectivity index (χ1v) is 9.32. The minimum absolute atomic E-state index is 0.204. The maximum absolute atomic E-state index is 13.3. The number of thiophene rings is 1. The van der Waals surface area contributed by atoms with Crippen LogP contribution in [0.2, 0.25) is 0 Å². The maximum Gasteiger partial charge on any atom is 0.268 e. The van der Waals surface area contributed by atoms with Gasteiger partial charge >= 0.3 is 0 Å². The lowest BCUT2D eigenvalue weighted by atomic mass is 10.0. The Kier molecular flexibility index (Phi) is 4.07. The topological polar surface area (TPSA) is 42.0 Å². The van der Waals surface area contributed by atoms with E-state index in [1.165, 1.54) is 40.4 Å². The number of halogens is 1.